The largest absolute Gasteiger partial charge is 0.371 e. The van der Waals surface area contributed by atoms with Gasteiger partial charge in [-0.25, -0.2) is 9.37 Å². The van der Waals surface area contributed by atoms with Gasteiger partial charge in [-0.2, -0.15) is 0 Å². The summed E-state index contributed by atoms with van der Waals surface area (Å²) in [5, 5.41) is 0.339. The summed E-state index contributed by atoms with van der Waals surface area (Å²) in [5.41, 5.74) is 0. The van der Waals surface area contributed by atoms with Gasteiger partial charge in [0, 0.05) is 19.3 Å². The number of pyridine rings is 1. The average molecular weight is 313 g/mol. The fourth-order valence-corrected chi connectivity index (χ4v) is 3.15. The summed E-state index contributed by atoms with van der Waals surface area (Å²) in [6.07, 6.45) is 7.71. The Morgan fingerprint density at radius 1 is 1.43 bits per heavy atom. The Labute approximate surface area is 130 Å². The van der Waals surface area contributed by atoms with Gasteiger partial charge in [0.15, 0.2) is 11.6 Å². The second-order valence-electron chi connectivity index (χ2n) is 6.14. The van der Waals surface area contributed by atoms with Crippen LogP contribution in [0.2, 0.25) is 5.02 Å². The molecular weight excluding hydrogens is 291 g/mol. The predicted molar refractivity (Wildman–Crippen MR) is 82.3 cm³/mol. The van der Waals surface area contributed by atoms with Crippen molar-refractivity contribution < 1.29 is 9.13 Å². The number of hydrogen-bond donors (Lipinski definition) is 0. The molecule has 0 amide bonds. The summed E-state index contributed by atoms with van der Waals surface area (Å²) in [6.45, 7) is 3.63. The third kappa shape index (κ3) is 3.67. The van der Waals surface area contributed by atoms with Crippen molar-refractivity contribution in [2.75, 3.05) is 18.0 Å². The molecule has 3 nitrogen and oxygen atoms in total. The Kier molecular flexibility index (Phi) is 4.65. The summed E-state index contributed by atoms with van der Waals surface area (Å²) >= 11 is 5.80. The van der Waals surface area contributed by atoms with Crippen LogP contribution in [0, 0.1) is 11.7 Å². The number of nitrogens with zero attached hydrogens (tertiary/aromatic N) is 2. The monoisotopic (exact) mass is 312 g/mol. The van der Waals surface area contributed by atoms with Crippen LogP contribution in [0.1, 0.15) is 39.0 Å². The van der Waals surface area contributed by atoms with Crippen molar-refractivity contribution in [3.63, 3.8) is 0 Å². The second-order valence-corrected chi connectivity index (χ2v) is 6.58. The van der Waals surface area contributed by atoms with Gasteiger partial charge in [-0.05, 0) is 31.2 Å². The average Bonchev–Trinajstić information content (AvgIpc) is 3.29. The molecule has 1 saturated carbocycles. The molecule has 1 aromatic rings. The van der Waals surface area contributed by atoms with Gasteiger partial charge in [0.2, 0.25) is 0 Å². The predicted octanol–water partition coefficient (Wildman–Crippen LogP) is 4.05. The molecule has 21 heavy (non-hydrogen) atoms. The van der Waals surface area contributed by atoms with Gasteiger partial charge in [-0.1, -0.05) is 31.4 Å². The van der Waals surface area contributed by atoms with E-state index in [9.17, 15) is 4.39 Å². The molecule has 2 heterocycles. The third-order valence-corrected chi connectivity index (χ3v) is 4.51. The van der Waals surface area contributed by atoms with Gasteiger partial charge in [-0.3, -0.25) is 0 Å². The maximum atomic E-state index is 14.1. The molecule has 1 aliphatic carbocycles. The van der Waals surface area contributed by atoms with Crippen LogP contribution in [0.15, 0.2) is 12.3 Å². The molecular formula is C16H22ClFN2O. The fourth-order valence-electron chi connectivity index (χ4n) is 3.00. The Hall–Kier alpha value is -0.870. The highest BCUT2D eigenvalue weighted by molar-refractivity contribution is 6.30. The lowest BCUT2D eigenvalue weighted by Crippen LogP contribution is -2.49. The number of unbranched alkanes of at least 4 members (excludes halogenated alkanes) is 1. The Bertz CT molecular complexity index is 495. The lowest BCUT2D eigenvalue weighted by molar-refractivity contribution is -0.0413. The Morgan fingerprint density at radius 2 is 2.24 bits per heavy atom. The molecule has 1 saturated heterocycles. The SMILES string of the molecule is CCCC[C@@H]1CN(c2ncc(Cl)cc2F)C[C@H](C2CC2)O1. The number of aromatic nitrogens is 1. The van der Waals surface area contributed by atoms with E-state index in [2.05, 4.69) is 11.9 Å². The van der Waals surface area contributed by atoms with E-state index in [0.717, 1.165) is 32.4 Å². The summed E-state index contributed by atoms with van der Waals surface area (Å²) in [7, 11) is 0. The van der Waals surface area contributed by atoms with E-state index in [4.69, 9.17) is 16.3 Å². The highest BCUT2D eigenvalue weighted by Crippen LogP contribution is 2.38. The van der Waals surface area contributed by atoms with E-state index < -0.39 is 0 Å². The zero-order chi connectivity index (χ0) is 14.8. The second kappa shape index (κ2) is 6.49. The summed E-state index contributed by atoms with van der Waals surface area (Å²) in [5.74, 6) is 0.718. The third-order valence-electron chi connectivity index (χ3n) is 4.31. The van der Waals surface area contributed by atoms with E-state index in [0.29, 0.717) is 16.8 Å². The van der Waals surface area contributed by atoms with Crippen molar-refractivity contribution in [2.45, 2.75) is 51.2 Å². The molecule has 2 fully saturated rings. The number of anilines is 1. The van der Waals surface area contributed by atoms with Crippen molar-refractivity contribution in [1.82, 2.24) is 4.98 Å². The zero-order valence-corrected chi connectivity index (χ0v) is 13.2. The van der Waals surface area contributed by atoms with Gasteiger partial charge in [0.05, 0.1) is 17.2 Å². The van der Waals surface area contributed by atoms with Gasteiger partial charge < -0.3 is 9.64 Å². The van der Waals surface area contributed by atoms with Crippen LogP contribution < -0.4 is 4.90 Å². The number of rotatable bonds is 5. The van der Waals surface area contributed by atoms with Gasteiger partial charge in [0.1, 0.15) is 0 Å². The van der Waals surface area contributed by atoms with Crippen molar-refractivity contribution in [3.05, 3.63) is 23.1 Å². The minimum Gasteiger partial charge on any atom is -0.371 e. The number of morpholine rings is 1. The molecule has 5 heteroatoms. The molecule has 3 rings (SSSR count). The molecule has 1 aliphatic heterocycles. The van der Waals surface area contributed by atoms with Crippen molar-refractivity contribution in [3.8, 4) is 0 Å². The smallest absolute Gasteiger partial charge is 0.167 e. The molecule has 2 atom stereocenters. The first-order valence-electron chi connectivity index (χ1n) is 7.88. The molecule has 1 aromatic heterocycles. The lowest BCUT2D eigenvalue weighted by Gasteiger charge is -2.39. The summed E-state index contributed by atoms with van der Waals surface area (Å²) < 4.78 is 20.3. The normalized spacial score (nSPS) is 26.1. The van der Waals surface area contributed by atoms with E-state index in [-0.39, 0.29) is 18.0 Å². The Balaban J connectivity index is 1.75. The molecule has 0 unspecified atom stereocenters. The first-order chi connectivity index (χ1) is 10.2. The van der Waals surface area contributed by atoms with Crippen LogP contribution in [0.25, 0.3) is 0 Å². The first-order valence-corrected chi connectivity index (χ1v) is 8.26. The van der Waals surface area contributed by atoms with E-state index >= 15 is 0 Å². The number of ether oxygens (including phenoxy) is 1. The van der Waals surface area contributed by atoms with Crippen LogP contribution in [-0.4, -0.2) is 30.3 Å². The van der Waals surface area contributed by atoms with Gasteiger partial charge in [0.25, 0.3) is 0 Å². The molecule has 116 valence electrons. The number of hydrogen-bond acceptors (Lipinski definition) is 3. The van der Waals surface area contributed by atoms with Crippen LogP contribution in [-0.2, 0) is 4.74 Å². The standard InChI is InChI=1S/C16H22ClFN2O/c1-2-3-4-13-9-20(10-15(21-13)11-5-6-11)16-14(18)7-12(17)8-19-16/h7-8,11,13,15H,2-6,9-10H2,1H3/t13-,15-/m1/s1. The minimum atomic E-state index is -0.340. The maximum absolute atomic E-state index is 14.1. The van der Waals surface area contributed by atoms with E-state index in [1.165, 1.54) is 25.1 Å². The van der Waals surface area contributed by atoms with Crippen LogP contribution >= 0.6 is 11.6 Å². The van der Waals surface area contributed by atoms with Crippen molar-refractivity contribution >= 4 is 17.4 Å². The van der Waals surface area contributed by atoms with Crippen LogP contribution in [0.4, 0.5) is 10.2 Å². The fraction of sp³-hybridized carbons (Fsp3) is 0.688. The zero-order valence-electron chi connectivity index (χ0n) is 12.4. The topological polar surface area (TPSA) is 25.4 Å². The minimum absolute atomic E-state index is 0.182. The number of halogens is 2. The van der Waals surface area contributed by atoms with Crippen LogP contribution in [0.5, 0.6) is 0 Å². The van der Waals surface area contributed by atoms with Gasteiger partial charge in [-0.15, -0.1) is 0 Å². The molecule has 2 aliphatic rings. The highest BCUT2D eigenvalue weighted by Gasteiger charge is 2.39. The van der Waals surface area contributed by atoms with E-state index in [1.807, 2.05) is 4.90 Å². The molecule has 0 N–H and O–H groups in total. The maximum Gasteiger partial charge on any atom is 0.167 e. The van der Waals surface area contributed by atoms with Crippen LogP contribution in [0.3, 0.4) is 0 Å². The van der Waals surface area contributed by atoms with E-state index in [1.54, 1.807) is 0 Å². The highest BCUT2D eigenvalue weighted by atomic mass is 35.5. The molecule has 0 bridgehead atoms. The molecule has 0 spiro atoms. The Morgan fingerprint density at radius 3 is 2.90 bits per heavy atom. The van der Waals surface area contributed by atoms with Crippen molar-refractivity contribution in [1.29, 1.82) is 0 Å². The summed E-state index contributed by atoms with van der Waals surface area (Å²) in [6, 6.07) is 1.34. The first kappa shape index (κ1) is 15.0. The molecule has 0 aromatic carbocycles. The van der Waals surface area contributed by atoms with Crippen molar-refractivity contribution in [2.24, 2.45) is 5.92 Å². The molecule has 0 radical (unpaired) electrons. The lowest BCUT2D eigenvalue weighted by atomic mass is 10.1. The summed E-state index contributed by atoms with van der Waals surface area (Å²) in [4.78, 5) is 6.23. The quantitative estimate of drug-likeness (QED) is 0.820. The van der Waals surface area contributed by atoms with Gasteiger partial charge >= 0.3 is 0 Å².